The number of hydrogen-bond acceptors (Lipinski definition) is 3. The number of piperidine rings is 1. The van der Waals surface area contributed by atoms with Crippen molar-refractivity contribution in [3.05, 3.63) is 102 Å². The Morgan fingerprint density at radius 1 is 0.818 bits per heavy atom. The van der Waals surface area contributed by atoms with Crippen molar-refractivity contribution in [3.8, 4) is 0 Å². The number of hydrogen-bond donors (Lipinski definition) is 2. The van der Waals surface area contributed by atoms with Gasteiger partial charge < -0.3 is 11.1 Å². The van der Waals surface area contributed by atoms with E-state index in [-0.39, 0.29) is 18.2 Å². The Bertz CT molecular complexity index is 1840. The van der Waals surface area contributed by atoms with E-state index in [1.54, 1.807) is 6.07 Å². The van der Waals surface area contributed by atoms with Crippen LogP contribution >= 0.6 is 0 Å². The van der Waals surface area contributed by atoms with Crippen LogP contribution in [0.2, 0.25) is 0 Å². The van der Waals surface area contributed by atoms with Gasteiger partial charge in [-0.1, -0.05) is 72.8 Å². The molecule has 226 valence electrons. The van der Waals surface area contributed by atoms with Crippen molar-refractivity contribution in [2.75, 3.05) is 18.4 Å². The highest BCUT2D eigenvalue weighted by Crippen LogP contribution is 2.35. The minimum absolute atomic E-state index is 0.00728. The molecule has 1 aliphatic heterocycles. The molecule has 0 radical (unpaired) electrons. The van der Waals surface area contributed by atoms with Gasteiger partial charge in [-0.25, -0.2) is 0 Å². The Hall–Kier alpha value is -4.43. The van der Waals surface area contributed by atoms with E-state index in [0.29, 0.717) is 50.0 Å². The minimum Gasteiger partial charge on any atom is -0.368 e. The molecule has 1 fully saturated rings. The fourth-order valence-corrected chi connectivity index (χ4v) is 6.60. The third kappa shape index (κ3) is 6.26. The molecule has 1 unspecified atom stereocenters. The van der Waals surface area contributed by atoms with Crippen molar-refractivity contribution >= 4 is 49.8 Å². The number of nitrogens with zero attached hydrogens (tertiary/aromatic N) is 1. The van der Waals surface area contributed by atoms with Gasteiger partial charge in [0.2, 0.25) is 11.8 Å². The number of alkyl halides is 3. The lowest BCUT2D eigenvalue weighted by molar-refractivity contribution is -0.137. The Kier molecular flexibility index (Phi) is 8.27. The van der Waals surface area contributed by atoms with Gasteiger partial charge in [0.15, 0.2) is 0 Å². The van der Waals surface area contributed by atoms with E-state index in [4.69, 9.17) is 5.73 Å². The number of fused-ring (bicyclic) bond motifs is 5. The van der Waals surface area contributed by atoms with Gasteiger partial charge in [-0.3, -0.25) is 14.5 Å². The number of rotatable bonds is 8. The summed E-state index contributed by atoms with van der Waals surface area (Å²) in [6.07, 6.45) is -1.93. The first-order valence-electron chi connectivity index (χ1n) is 15.0. The summed E-state index contributed by atoms with van der Waals surface area (Å²) in [4.78, 5) is 27.1. The Morgan fingerprint density at radius 2 is 1.50 bits per heavy atom. The topological polar surface area (TPSA) is 75.4 Å². The van der Waals surface area contributed by atoms with Crippen LogP contribution in [-0.4, -0.2) is 35.8 Å². The maximum absolute atomic E-state index is 13.2. The average Bonchev–Trinajstić information content (AvgIpc) is 3.02. The van der Waals surface area contributed by atoms with Gasteiger partial charge in [0, 0.05) is 12.1 Å². The van der Waals surface area contributed by atoms with Crippen molar-refractivity contribution in [2.45, 2.75) is 50.2 Å². The molecule has 0 spiro atoms. The summed E-state index contributed by atoms with van der Waals surface area (Å²) < 4.78 is 39.5. The summed E-state index contributed by atoms with van der Waals surface area (Å²) in [6, 6.07) is 27.7. The largest absolute Gasteiger partial charge is 0.416 e. The lowest BCUT2D eigenvalue weighted by Crippen LogP contribution is -2.48. The number of anilines is 1. The second-order valence-electron chi connectivity index (χ2n) is 11.7. The molecule has 3 N–H and O–H groups in total. The number of carbonyl (C=O) groups is 2. The summed E-state index contributed by atoms with van der Waals surface area (Å²) in [5.41, 5.74) is 6.48. The van der Waals surface area contributed by atoms with Crippen LogP contribution in [0, 0.1) is 0 Å². The molecule has 5 nitrogen and oxygen atoms in total. The molecule has 0 aliphatic carbocycles. The third-order valence-corrected chi connectivity index (χ3v) is 8.89. The summed E-state index contributed by atoms with van der Waals surface area (Å²) >= 11 is 0. The summed E-state index contributed by atoms with van der Waals surface area (Å²) in [5, 5.41) is 9.89. The molecular formula is C36H34F3N3O2. The summed E-state index contributed by atoms with van der Waals surface area (Å²) in [5.74, 6) is -0.591. The molecule has 8 heteroatoms. The van der Waals surface area contributed by atoms with Crippen molar-refractivity contribution in [1.29, 1.82) is 0 Å². The van der Waals surface area contributed by atoms with Crippen LogP contribution in [0.1, 0.15) is 49.1 Å². The van der Waals surface area contributed by atoms with E-state index in [9.17, 15) is 22.8 Å². The second-order valence-corrected chi connectivity index (χ2v) is 11.7. The van der Waals surface area contributed by atoms with E-state index in [1.165, 1.54) is 28.3 Å². The van der Waals surface area contributed by atoms with Gasteiger partial charge in [-0.05, 0) is 101 Å². The van der Waals surface area contributed by atoms with Crippen LogP contribution in [0.25, 0.3) is 32.3 Å². The van der Waals surface area contributed by atoms with E-state index in [0.717, 1.165) is 22.2 Å². The number of nitrogens with two attached hydrogens (primary N) is 1. The Labute approximate surface area is 253 Å². The number of carbonyl (C=O) groups excluding carboxylic acids is 2. The zero-order valence-electron chi connectivity index (χ0n) is 24.2. The lowest BCUT2D eigenvalue weighted by atomic mass is 9.87. The zero-order chi connectivity index (χ0) is 30.8. The van der Waals surface area contributed by atoms with Gasteiger partial charge in [-0.2, -0.15) is 13.2 Å². The highest BCUT2D eigenvalue weighted by molar-refractivity contribution is 6.17. The number of amides is 2. The van der Waals surface area contributed by atoms with Crippen LogP contribution in [0.3, 0.4) is 0 Å². The van der Waals surface area contributed by atoms with Crippen LogP contribution in [0.4, 0.5) is 18.9 Å². The first-order valence-corrected chi connectivity index (χ1v) is 15.0. The van der Waals surface area contributed by atoms with Gasteiger partial charge in [0.1, 0.15) is 0 Å². The molecular weight excluding hydrogens is 563 g/mol. The second kappa shape index (κ2) is 12.3. The Balaban J connectivity index is 1.04. The molecule has 44 heavy (non-hydrogen) atoms. The maximum Gasteiger partial charge on any atom is 0.416 e. The average molecular weight is 598 g/mol. The predicted octanol–water partition coefficient (Wildman–Crippen LogP) is 8.01. The van der Waals surface area contributed by atoms with Crippen LogP contribution in [-0.2, 0) is 15.8 Å². The van der Waals surface area contributed by atoms with E-state index in [1.807, 2.05) is 35.2 Å². The number of halogens is 3. The van der Waals surface area contributed by atoms with Gasteiger partial charge in [0.05, 0.1) is 11.6 Å². The van der Waals surface area contributed by atoms with Crippen LogP contribution < -0.4 is 11.1 Å². The molecule has 5 aromatic rings. The fraction of sp³-hybridized carbons (Fsp3) is 0.278. The van der Waals surface area contributed by atoms with Crippen LogP contribution in [0.15, 0.2) is 91.0 Å². The molecule has 1 saturated heterocycles. The molecule has 0 saturated carbocycles. The van der Waals surface area contributed by atoms with Gasteiger partial charge >= 0.3 is 6.18 Å². The predicted molar refractivity (Wildman–Crippen MR) is 169 cm³/mol. The highest BCUT2D eigenvalue weighted by atomic mass is 19.4. The maximum atomic E-state index is 13.2. The molecule has 1 heterocycles. The molecule has 0 aromatic heterocycles. The zero-order valence-corrected chi connectivity index (χ0v) is 24.2. The normalized spacial score (nSPS) is 15.5. The highest BCUT2D eigenvalue weighted by Gasteiger charge is 2.32. The molecule has 1 atom stereocenters. The number of primary amides is 1. The quantitative estimate of drug-likeness (QED) is 0.178. The van der Waals surface area contributed by atoms with Crippen molar-refractivity contribution in [1.82, 2.24) is 4.90 Å². The fourth-order valence-electron chi connectivity index (χ4n) is 6.60. The monoisotopic (exact) mass is 597 g/mol. The Morgan fingerprint density at radius 3 is 2.23 bits per heavy atom. The first-order chi connectivity index (χ1) is 21.2. The van der Waals surface area contributed by atoms with Crippen molar-refractivity contribution in [3.63, 3.8) is 0 Å². The van der Waals surface area contributed by atoms with E-state index in [2.05, 4.69) is 41.7 Å². The third-order valence-electron chi connectivity index (χ3n) is 8.89. The lowest BCUT2D eigenvalue weighted by Gasteiger charge is -2.36. The van der Waals surface area contributed by atoms with Crippen LogP contribution in [0.5, 0.6) is 0 Å². The molecule has 2 amide bonds. The standard InChI is InChI=1S/C36H34F3N3O2/c37-36(38,39)27-7-3-6-25(21-27)23-17-19-42(20-18-23)33(35(40)44)9-4-10-34(43)41-28-13-16-30-26(22-28)12-15-31-29-8-2-1-5-24(29)11-14-32(30)31/h1-3,5-8,11-16,21-23,33H,4,9-10,17-20H2,(H2,40,44)(H,41,43). The van der Waals surface area contributed by atoms with E-state index >= 15 is 0 Å². The smallest absolute Gasteiger partial charge is 0.368 e. The van der Waals surface area contributed by atoms with Crippen molar-refractivity contribution in [2.24, 2.45) is 5.73 Å². The molecule has 6 rings (SSSR count). The number of nitrogens with one attached hydrogen (secondary N) is 1. The van der Waals surface area contributed by atoms with Gasteiger partial charge in [0.25, 0.3) is 0 Å². The molecule has 1 aliphatic rings. The van der Waals surface area contributed by atoms with Gasteiger partial charge in [-0.15, -0.1) is 0 Å². The summed E-state index contributed by atoms with van der Waals surface area (Å²) in [6.45, 7) is 1.12. The molecule has 5 aromatic carbocycles. The summed E-state index contributed by atoms with van der Waals surface area (Å²) in [7, 11) is 0. The SMILES string of the molecule is NC(=O)C(CCCC(=O)Nc1ccc2c(ccc3c4ccccc4ccc23)c1)N1CCC(c2cccc(C(F)(F)F)c2)CC1. The first kappa shape index (κ1) is 29.6. The van der Waals surface area contributed by atoms with Crippen molar-refractivity contribution < 1.29 is 22.8 Å². The number of likely N-dealkylation sites (tertiary alicyclic amines) is 1. The molecule has 0 bridgehead atoms. The number of benzene rings is 5. The minimum atomic E-state index is -4.38. The van der Waals surface area contributed by atoms with E-state index < -0.39 is 23.7 Å².